The van der Waals surface area contributed by atoms with Crippen LogP contribution in [0, 0.1) is 17.5 Å². The summed E-state index contributed by atoms with van der Waals surface area (Å²) < 4.78 is 41.4. The summed E-state index contributed by atoms with van der Waals surface area (Å²) in [7, 11) is 3.24. The predicted molar refractivity (Wildman–Crippen MR) is 108 cm³/mol. The van der Waals surface area contributed by atoms with Crippen LogP contribution in [-0.2, 0) is 16.0 Å². The van der Waals surface area contributed by atoms with Gasteiger partial charge in [0.15, 0.2) is 0 Å². The average Bonchev–Trinajstić information content (AvgIpc) is 3.05. The topological polar surface area (TPSA) is 65.2 Å². The van der Waals surface area contributed by atoms with Gasteiger partial charge in [0.1, 0.15) is 17.5 Å². The molecule has 5 nitrogen and oxygen atoms in total. The lowest BCUT2D eigenvalue weighted by Crippen LogP contribution is -2.28. The Morgan fingerprint density at radius 3 is 2.37 bits per heavy atom. The highest BCUT2D eigenvalue weighted by molar-refractivity contribution is 5.91. The van der Waals surface area contributed by atoms with Crippen LogP contribution < -0.4 is 5.32 Å². The van der Waals surface area contributed by atoms with E-state index in [0.29, 0.717) is 28.6 Å². The van der Waals surface area contributed by atoms with Crippen molar-refractivity contribution in [1.29, 1.82) is 0 Å². The van der Waals surface area contributed by atoms with Crippen molar-refractivity contribution in [1.82, 2.24) is 15.2 Å². The molecule has 1 heterocycles. The van der Waals surface area contributed by atoms with Crippen LogP contribution in [0.25, 0.3) is 22.2 Å². The number of carbonyl (C=O) groups excluding carboxylic acids is 2. The van der Waals surface area contributed by atoms with Crippen LogP contribution in [0.3, 0.4) is 0 Å². The summed E-state index contributed by atoms with van der Waals surface area (Å²) in [6.07, 6.45) is 0.450. The molecule has 0 fully saturated rings. The number of carbonyl (C=O) groups is 2. The van der Waals surface area contributed by atoms with Gasteiger partial charge in [-0.2, -0.15) is 0 Å². The zero-order valence-electron chi connectivity index (χ0n) is 16.7. The van der Waals surface area contributed by atoms with E-state index in [4.69, 9.17) is 0 Å². The second-order valence-corrected chi connectivity index (χ2v) is 7.18. The largest absolute Gasteiger partial charge is 0.356 e. The minimum atomic E-state index is -0.731. The van der Waals surface area contributed by atoms with Crippen molar-refractivity contribution in [3.05, 3.63) is 59.4 Å². The van der Waals surface area contributed by atoms with E-state index >= 15 is 0 Å². The van der Waals surface area contributed by atoms with Crippen molar-refractivity contribution < 1.29 is 22.8 Å². The molecule has 0 radical (unpaired) electrons. The molecule has 0 bridgehead atoms. The van der Waals surface area contributed by atoms with Gasteiger partial charge in [-0.1, -0.05) is 0 Å². The normalized spacial score (nSPS) is 11.0. The molecule has 0 aliphatic rings. The fourth-order valence-corrected chi connectivity index (χ4v) is 3.26. The molecule has 2 amide bonds. The lowest BCUT2D eigenvalue weighted by atomic mass is 10.0. The van der Waals surface area contributed by atoms with E-state index in [1.54, 1.807) is 26.2 Å². The lowest BCUT2D eigenvalue weighted by Gasteiger charge is -2.10. The molecule has 0 aliphatic heterocycles. The summed E-state index contributed by atoms with van der Waals surface area (Å²) in [5, 5.41) is 3.09. The molecule has 0 unspecified atom stereocenters. The van der Waals surface area contributed by atoms with Crippen molar-refractivity contribution >= 4 is 22.7 Å². The zero-order valence-corrected chi connectivity index (χ0v) is 16.7. The van der Waals surface area contributed by atoms with Crippen molar-refractivity contribution in [3.8, 4) is 11.3 Å². The SMILES string of the molecule is CN(C)C(=O)CCC(=O)NCCc1c(-c2ccc(F)cc2)[nH]c2c(F)cc(F)cc12. The van der Waals surface area contributed by atoms with E-state index in [1.807, 2.05) is 0 Å². The van der Waals surface area contributed by atoms with Gasteiger partial charge in [-0.25, -0.2) is 13.2 Å². The Kier molecular flexibility index (Phi) is 6.44. The first-order valence-electron chi connectivity index (χ1n) is 9.48. The molecule has 158 valence electrons. The van der Waals surface area contributed by atoms with Gasteiger partial charge in [0.25, 0.3) is 0 Å². The molecule has 30 heavy (non-hydrogen) atoms. The second kappa shape index (κ2) is 9.02. The Morgan fingerprint density at radius 1 is 1.00 bits per heavy atom. The molecule has 0 atom stereocenters. The van der Waals surface area contributed by atoms with Gasteiger partial charge < -0.3 is 15.2 Å². The van der Waals surface area contributed by atoms with Gasteiger partial charge in [0.2, 0.25) is 11.8 Å². The Morgan fingerprint density at radius 2 is 1.70 bits per heavy atom. The summed E-state index contributed by atoms with van der Waals surface area (Å²) in [4.78, 5) is 28.0. The molecule has 0 spiro atoms. The summed E-state index contributed by atoms with van der Waals surface area (Å²) in [5.74, 6) is -2.28. The first-order chi connectivity index (χ1) is 14.3. The zero-order chi connectivity index (χ0) is 21.8. The van der Waals surface area contributed by atoms with Gasteiger partial charge in [-0.3, -0.25) is 9.59 Å². The number of nitrogens with zero attached hydrogens (tertiary/aromatic N) is 1. The Balaban J connectivity index is 1.81. The monoisotopic (exact) mass is 417 g/mol. The average molecular weight is 417 g/mol. The number of rotatable bonds is 7. The molecule has 2 N–H and O–H groups in total. The third-order valence-corrected chi connectivity index (χ3v) is 4.83. The fraction of sp³-hybridized carbons (Fsp3) is 0.273. The molecule has 2 aromatic carbocycles. The number of benzene rings is 2. The summed E-state index contributed by atoms with van der Waals surface area (Å²) >= 11 is 0. The maximum atomic E-state index is 14.3. The highest BCUT2D eigenvalue weighted by atomic mass is 19.1. The third kappa shape index (κ3) is 4.82. The number of aromatic amines is 1. The number of fused-ring (bicyclic) bond motifs is 1. The standard InChI is InChI=1S/C22H22F3N3O2/c1-28(2)20(30)8-7-19(29)26-10-9-16-17-11-15(24)12-18(25)22(17)27-21(16)13-3-5-14(23)6-4-13/h3-6,11-12,27H,7-10H2,1-2H3,(H,26,29). The van der Waals surface area contributed by atoms with E-state index in [2.05, 4.69) is 10.3 Å². The highest BCUT2D eigenvalue weighted by Crippen LogP contribution is 2.32. The fourth-order valence-electron chi connectivity index (χ4n) is 3.26. The van der Waals surface area contributed by atoms with E-state index < -0.39 is 17.5 Å². The summed E-state index contributed by atoms with van der Waals surface area (Å²) in [6.45, 7) is 0.217. The van der Waals surface area contributed by atoms with Crippen LogP contribution in [0.1, 0.15) is 18.4 Å². The molecule has 3 aromatic rings. The molecule has 0 saturated heterocycles. The Hall–Kier alpha value is -3.29. The van der Waals surface area contributed by atoms with Crippen LogP contribution in [-0.4, -0.2) is 42.3 Å². The van der Waals surface area contributed by atoms with Crippen LogP contribution in [0.5, 0.6) is 0 Å². The van der Waals surface area contributed by atoms with E-state index in [-0.39, 0.29) is 36.7 Å². The van der Waals surface area contributed by atoms with Crippen LogP contribution in [0.2, 0.25) is 0 Å². The van der Waals surface area contributed by atoms with Crippen LogP contribution in [0.4, 0.5) is 13.2 Å². The van der Waals surface area contributed by atoms with Crippen molar-refractivity contribution in [2.45, 2.75) is 19.3 Å². The highest BCUT2D eigenvalue weighted by Gasteiger charge is 2.17. The minimum Gasteiger partial charge on any atom is -0.356 e. The van der Waals surface area contributed by atoms with Crippen molar-refractivity contribution in [3.63, 3.8) is 0 Å². The molecule has 3 rings (SSSR count). The van der Waals surface area contributed by atoms with E-state index in [1.165, 1.54) is 23.1 Å². The third-order valence-electron chi connectivity index (χ3n) is 4.83. The summed E-state index contributed by atoms with van der Waals surface area (Å²) in [5.41, 5.74) is 1.91. The number of nitrogens with one attached hydrogen (secondary N) is 2. The number of halogens is 3. The predicted octanol–water partition coefficient (Wildman–Crippen LogP) is 3.78. The number of hydrogen-bond acceptors (Lipinski definition) is 2. The van der Waals surface area contributed by atoms with E-state index in [0.717, 1.165) is 6.07 Å². The Bertz CT molecular complexity index is 1080. The number of aromatic nitrogens is 1. The van der Waals surface area contributed by atoms with Crippen molar-refractivity contribution in [2.75, 3.05) is 20.6 Å². The first-order valence-corrected chi connectivity index (χ1v) is 9.48. The Labute approximate surface area is 171 Å². The number of hydrogen-bond donors (Lipinski definition) is 2. The van der Waals surface area contributed by atoms with Gasteiger partial charge in [0, 0.05) is 50.6 Å². The molecule has 0 saturated carbocycles. The molecule has 1 aromatic heterocycles. The molecule has 8 heteroatoms. The smallest absolute Gasteiger partial charge is 0.222 e. The van der Waals surface area contributed by atoms with Gasteiger partial charge in [0.05, 0.1) is 5.52 Å². The van der Waals surface area contributed by atoms with Gasteiger partial charge in [-0.15, -0.1) is 0 Å². The van der Waals surface area contributed by atoms with Crippen LogP contribution >= 0.6 is 0 Å². The molecular formula is C22H22F3N3O2. The van der Waals surface area contributed by atoms with Crippen molar-refractivity contribution in [2.24, 2.45) is 0 Å². The number of amides is 2. The minimum absolute atomic E-state index is 0.0545. The maximum absolute atomic E-state index is 14.3. The number of H-pyrrole nitrogens is 1. The van der Waals surface area contributed by atoms with Gasteiger partial charge >= 0.3 is 0 Å². The lowest BCUT2D eigenvalue weighted by molar-refractivity contribution is -0.131. The summed E-state index contributed by atoms with van der Waals surface area (Å²) in [6, 6.07) is 7.68. The molecular weight excluding hydrogens is 395 g/mol. The molecule has 0 aliphatic carbocycles. The quantitative estimate of drug-likeness (QED) is 0.615. The van der Waals surface area contributed by atoms with E-state index in [9.17, 15) is 22.8 Å². The first kappa shape index (κ1) is 21.4. The van der Waals surface area contributed by atoms with Gasteiger partial charge in [-0.05, 0) is 47.9 Å². The second-order valence-electron chi connectivity index (χ2n) is 7.18. The van der Waals surface area contributed by atoms with Crippen LogP contribution in [0.15, 0.2) is 36.4 Å². The maximum Gasteiger partial charge on any atom is 0.222 e.